The van der Waals surface area contributed by atoms with E-state index in [1.54, 1.807) is 46.3 Å². The molecule has 1 aliphatic carbocycles. The number of hydrogen-bond donors (Lipinski definition) is 1. The van der Waals surface area contributed by atoms with Crippen molar-refractivity contribution in [2.75, 3.05) is 31.9 Å². The van der Waals surface area contributed by atoms with Crippen LogP contribution in [0.2, 0.25) is 0 Å². The maximum absolute atomic E-state index is 13.1. The molecule has 1 N–H and O–H groups in total. The molecule has 3 heterocycles. The van der Waals surface area contributed by atoms with Crippen molar-refractivity contribution in [2.45, 2.75) is 38.8 Å². The Bertz CT molecular complexity index is 1660. The number of rotatable bonds is 6. The van der Waals surface area contributed by atoms with E-state index < -0.39 is 9.73 Å². The van der Waals surface area contributed by atoms with Gasteiger partial charge in [-0.05, 0) is 75.7 Å². The Morgan fingerprint density at radius 2 is 1.97 bits per heavy atom. The molecule has 1 aromatic carbocycles. The van der Waals surface area contributed by atoms with E-state index in [1.807, 2.05) is 13.0 Å². The highest BCUT2D eigenvalue weighted by Gasteiger charge is 2.21. The summed E-state index contributed by atoms with van der Waals surface area (Å²) >= 11 is 0. The summed E-state index contributed by atoms with van der Waals surface area (Å²) in [5, 5.41) is 3.71. The summed E-state index contributed by atoms with van der Waals surface area (Å²) in [4.78, 5) is 29.1. The van der Waals surface area contributed by atoms with Gasteiger partial charge in [0, 0.05) is 46.7 Å². The molecule has 0 amide bonds. The number of aromatic nitrogens is 5. The van der Waals surface area contributed by atoms with Crippen molar-refractivity contribution in [1.82, 2.24) is 29.2 Å². The Labute approximate surface area is 216 Å². The Morgan fingerprint density at radius 3 is 2.70 bits per heavy atom. The first-order valence-corrected chi connectivity index (χ1v) is 14.6. The molecule has 0 saturated heterocycles. The van der Waals surface area contributed by atoms with Crippen LogP contribution in [0.5, 0.6) is 0 Å². The van der Waals surface area contributed by atoms with Gasteiger partial charge in [0.15, 0.2) is 17.3 Å². The first kappa shape index (κ1) is 25.1. The molecule has 37 heavy (non-hydrogen) atoms. The summed E-state index contributed by atoms with van der Waals surface area (Å²) in [7, 11) is 1.88. The molecule has 0 aliphatic heterocycles. The van der Waals surface area contributed by atoms with E-state index in [2.05, 4.69) is 50.8 Å². The van der Waals surface area contributed by atoms with Crippen molar-refractivity contribution in [3.63, 3.8) is 0 Å². The molecule has 1 atom stereocenters. The van der Waals surface area contributed by atoms with Crippen molar-refractivity contribution < 1.29 is 4.21 Å². The third-order valence-corrected chi connectivity index (χ3v) is 7.25. The first-order chi connectivity index (χ1) is 17.6. The lowest BCUT2D eigenvalue weighted by Gasteiger charge is -2.30. The van der Waals surface area contributed by atoms with E-state index in [-0.39, 0.29) is 5.56 Å². The molecular weight excluding hydrogens is 488 g/mol. The normalized spacial score (nSPS) is 15.7. The van der Waals surface area contributed by atoms with Crippen LogP contribution in [0.1, 0.15) is 24.5 Å². The molecule has 1 unspecified atom stereocenters. The van der Waals surface area contributed by atoms with Gasteiger partial charge in [0.25, 0.3) is 5.56 Å². The van der Waals surface area contributed by atoms with Crippen molar-refractivity contribution in [3.8, 4) is 5.82 Å². The topological polar surface area (TPSA) is 110 Å². The Morgan fingerprint density at radius 1 is 1.16 bits per heavy atom. The smallest absolute Gasteiger partial charge is 0.278 e. The molecule has 5 rings (SSSR count). The number of hydrogen-bond acceptors (Lipinski definition) is 8. The van der Waals surface area contributed by atoms with Crippen LogP contribution in [-0.2, 0) is 29.1 Å². The number of nitrogens with zero attached hydrogens (tertiary/aromatic N) is 7. The van der Waals surface area contributed by atoms with E-state index in [1.165, 1.54) is 11.1 Å². The summed E-state index contributed by atoms with van der Waals surface area (Å²) < 4.78 is 19.6. The lowest BCUT2D eigenvalue weighted by Crippen LogP contribution is -2.33. The predicted molar refractivity (Wildman–Crippen MR) is 148 cm³/mol. The largest absolute Gasteiger partial charge is 0.324 e. The number of aryl methyl sites for hydroxylation is 1. The van der Waals surface area contributed by atoms with Crippen LogP contribution in [0, 0.1) is 0 Å². The molecule has 0 spiro atoms. The molecule has 0 bridgehead atoms. The second-order valence-electron chi connectivity index (χ2n) is 9.86. The average molecular weight is 521 g/mol. The summed E-state index contributed by atoms with van der Waals surface area (Å²) in [6, 6.07) is 12.2. The number of benzene rings is 1. The Hall–Kier alpha value is -3.57. The van der Waals surface area contributed by atoms with Gasteiger partial charge >= 0.3 is 0 Å². The number of likely N-dealkylation sites (N-methyl/N-ethyl adjacent to an activating group) is 1. The molecular formula is C26H32N8O2S. The molecule has 3 aromatic heterocycles. The van der Waals surface area contributed by atoms with Crippen LogP contribution in [0.15, 0.2) is 51.8 Å². The zero-order valence-electron chi connectivity index (χ0n) is 21.8. The Kier molecular flexibility index (Phi) is 6.59. The maximum atomic E-state index is 13.1. The van der Waals surface area contributed by atoms with Crippen LogP contribution in [0.25, 0.3) is 16.9 Å². The number of nitrogens with one attached hydrogen (secondary N) is 1. The summed E-state index contributed by atoms with van der Waals surface area (Å²) in [6.07, 6.45) is 7.87. The van der Waals surface area contributed by atoms with Crippen molar-refractivity contribution in [1.29, 1.82) is 0 Å². The Balaban J connectivity index is 1.53. The molecule has 0 saturated carbocycles. The summed E-state index contributed by atoms with van der Waals surface area (Å²) in [5.74, 6) is 1.19. The van der Waals surface area contributed by atoms with Gasteiger partial charge in [0.1, 0.15) is 5.39 Å². The average Bonchev–Trinajstić information content (AvgIpc) is 3.13. The predicted octanol–water partition coefficient (Wildman–Crippen LogP) is 3.52. The van der Waals surface area contributed by atoms with E-state index in [0.717, 1.165) is 24.9 Å². The molecule has 194 valence electrons. The highest BCUT2D eigenvalue weighted by atomic mass is 32.2. The van der Waals surface area contributed by atoms with Crippen LogP contribution >= 0.6 is 0 Å². The quantitative estimate of drug-likeness (QED) is 0.414. The minimum Gasteiger partial charge on any atom is -0.324 e. The van der Waals surface area contributed by atoms with Gasteiger partial charge in [-0.3, -0.25) is 4.79 Å². The van der Waals surface area contributed by atoms with Crippen LogP contribution in [0.4, 0.5) is 17.5 Å². The summed E-state index contributed by atoms with van der Waals surface area (Å²) in [6.45, 7) is 2.30. The number of pyridine rings is 1. The molecule has 11 heteroatoms. The number of anilines is 2. The molecule has 0 radical (unpaired) electrons. The van der Waals surface area contributed by atoms with Crippen LogP contribution < -0.4 is 10.9 Å². The fourth-order valence-corrected chi connectivity index (χ4v) is 5.35. The second-order valence-corrected chi connectivity index (χ2v) is 12.4. The van der Waals surface area contributed by atoms with Gasteiger partial charge in [0.05, 0.1) is 0 Å². The standard InChI is InChI=1S/C26H32N8O2S/c1-6-33-25(35)21-16-27-26(28-19-12-10-18-15-20(32(2)3)13-11-17(18)14-19)30-24(21)34(33)23-9-7-8-22(29-23)31-37(4,5)36/h7-10,12,14,16,20H,6,11,13,15H2,1-5H3,(H,27,28,30). The molecule has 10 nitrogen and oxygen atoms in total. The van der Waals surface area contributed by atoms with Gasteiger partial charge < -0.3 is 10.2 Å². The lowest BCUT2D eigenvalue weighted by molar-refractivity contribution is 0.268. The highest BCUT2D eigenvalue weighted by Crippen LogP contribution is 2.27. The third kappa shape index (κ3) is 5.14. The van der Waals surface area contributed by atoms with Crippen LogP contribution in [-0.4, -0.2) is 66.1 Å². The monoisotopic (exact) mass is 520 g/mol. The van der Waals surface area contributed by atoms with E-state index in [0.29, 0.717) is 41.2 Å². The van der Waals surface area contributed by atoms with Gasteiger partial charge in [-0.25, -0.2) is 23.5 Å². The maximum Gasteiger partial charge on any atom is 0.278 e. The molecule has 1 aliphatic rings. The van der Waals surface area contributed by atoms with Crippen molar-refractivity contribution in [3.05, 3.63) is 64.1 Å². The first-order valence-electron chi connectivity index (χ1n) is 12.3. The van der Waals surface area contributed by atoms with Crippen molar-refractivity contribution in [2.24, 2.45) is 4.36 Å². The number of fused-ring (bicyclic) bond motifs is 2. The van der Waals surface area contributed by atoms with E-state index >= 15 is 0 Å². The van der Waals surface area contributed by atoms with Gasteiger partial charge in [0.2, 0.25) is 5.95 Å². The fraction of sp³-hybridized carbons (Fsp3) is 0.385. The SMILES string of the molecule is CCn1c(=O)c2cnc(Nc3ccc4c(c3)CCC(N(C)C)C4)nc2n1-c1cccc(N=S(C)(C)=O)n1. The minimum absolute atomic E-state index is 0.202. The minimum atomic E-state index is -2.39. The van der Waals surface area contributed by atoms with Gasteiger partial charge in [-0.2, -0.15) is 9.35 Å². The summed E-state index contributed by atoms with van der Waals surface area (Å²) in [5.41, 5.74) is 3.86. The van der Waals surface area contributed by atoms with Crippen molar-refractivity contribution >= 4 is 38.2 Å². The molecule has 4 aromatic rings. The van der Waals surface area contributed by atoms with Crippen LogP contribution in [0.3, 0.4) is 0 Å². The van der Waals surface area contributed by atoms with Gasteiger partial charge in [-0.1, -0.05) is 12.1 Å². The zero-order chi connectivity index (χ0) is 26.3. The van der Waals surface area contributed by atoms with E-state index in [4.69, 9.17) is 4.98 Å². The zero-order valence-corrected chi connectivity index (χ0v) is 22.6. The third-order valence-electron chi connectivity index (χ3n) is 6.62. The van der Waals surface area contributed by atoms with E-state index in [9.17, 15) is 9.00 Å². The lowest BCUT2D eigenvalue weighted by atomic mass is 9.87. The highest BCUT2D eigenvalue weighted by molar-refractivity contribution is 7.92. The molecule has 0 fully saturated rings. The van der Waals surface area contributed by atoms with Gasteiger partial charge in [-0.15, -0.1) is 0 Å². The second kappa shape index (κ2) is 9.71. The fourth-order valence-electron chi connectivity index (χ4n) is 4.80.